The van der Waals surface area contributed by atoms with Crippen LogP contribution in [0.3, 0.4) is 0 Å². The molecule has 0 aliphatic carbocycles. The molecule has 0 aliphatic rings. The van der Waals surface area contributed by atoms with E-state index >= 15 is 0 Å². The van der Waals surface area contributed by atoms with Crippen molar-refractivity contribution in [1.29, 1.82) is 5.26 Å². The fraction of sp³-hybridized carbons (Fsp3) is 0.333. The Hall–Kier alpha value is -2.16. The summed E-state index contributed by atoms with van der Waals surface area (Å²) >= 11 is 0. The van der Waals surface area contributed by atoms with Crippen molar-refractivity contribution in [3.8, 4) is 6.07 Å². The summed E-state index contributed by atoms with van der Waals surface area (Å²) < 4.78 is 0. The summed E-state index contributed by atoms with van der Waals surface area (Å²) in [6, 6.07) is 3.10. The second-order valence-corrected chi connectivity index (χ2v) is 2.85. The van der Waals surface area contributed by atoms with Gasteiger partial charge in [0.1, 0.15) is 11.6 Å². The minimum Gasteiger partial charge on any atom is -0.364 e. The number of nitro groups is 1. The van der Waals surface area contributed by atoms with E-state index in [0.717, 1.165) is 6.42 Å². The van der Waals surface area contributed by atoms with Crippen LogP contribution in [0.1, 0.15) is 18.9 Å². The Morgan fingerprint density at radius 3 is 3.00 bits per heavy atom. The van der Waals surface area contributed by atoms with E-state index in [1.807, 2.05) is 6.92 Å². The first-order valence-electron chi connectivity index (χ1n) is 4.48. The number of hydrogen-bond donors (Lipinski definition) is 1. The summed E-state index contributed by atoms with van der Waals surface area (Å²) in [5, 5.41) is 22.3. The molecule has 78 valence electrons. The van der Waals surface area contributed by atoms with Crippen LogP contribution in [0.2, 0.25) is 0 Å². The normalized spacial score (nSPS) is 9.33. The molecule has 0 saturated carbocycles. The van der Waals surface area contributed by atoms with E-state index in [1.165, 1.54) is 12.3 Å². The number of hydrogen-bond acceptors (Lipinski definition) is 5. The quantitative estimate of drug-likeness (QED) is 0.597. The van der Waals surface area contributed by atoms with Gasteiger partial charge in [-0.2, -0.15) is 5.26 Å². The Bertz CT molecular complexity index is 411. The topological polar surface area (TPSA) is 91.8 Å². The summed E-state index contributed by atoms with van der Waals surface area (Å²) in [6.45, 7) is 2.52. The number of nitrogens with zero attached hydrogens (tertiary/aromatic N) is 3. The molecule has 1 rings (SSSR count). The van der Waals surface area contributed by atoms with E-state index in [9.17, 15) is 10.1 Å². The molecule has 0 atom stereocenters. The van der Waals surface area contributed by atoms with Crippen LogP contribution in [0.25, 0.3) is 0 Å². The van der Waals surface area contributed by atoms with Gasteiger partial charge in [-0.15, -0.1) is 0 Å². The maximum Gasteiger partial charge on any atom is 0.328 e. The van der Waals surface area contributed by atoms with Crippen molar-refractivity contribution in [3.63, 3.8) is 0 Å². The van der Waals surface area contributed by atoms with Crippen molar-refractivity contribution in [2.24, 2.45) is 0 Å². The average molecular weight is 206 g/mol. The van der Waals surface area contributed by atoms with Gasteiger partial charge < -0.3 is 5.32 Å². The molecule has 0 fully saturated rings. The van der Waals surface area contributed by atoms with Crippen molar-refractivity contribution in [3.05, 3.63) is 27.9 Å². The van der Waals surface area contributed by atoms with Crippen molar-refractivity contribution >= 4 is 11.5 Å². The molecule has 6 nitrogen and oxygen atoms in total. The minimum atomic E-state index is -0.594. The summed E-state index contributed by atoms with van der Waals surface area (Å²) in [6.07, 6.45) is 2.21. The molecule has 0 amide bonds. The van der Waals surface area contributed by atoms with Crippen molar-refractivity contribution in [2.75, 3.05) is 11.9 Å². The predicted molar refractivity (Wildman–Crippen MR) is 54.4 cm³/mol. The van der Waals surface area contributed by atoms with Gasteiger partial charge in [-0.3, -0.25) is 10.1 Å². The second kappa shape index (κ2) is 4.91. The zero-order valence-electron chi connectivity index (χ0n) is 8.23. The van der Waals surface area contributed by atoms with E-state index in [2.05, 4.69) is 10.3 Å². The Labute approximate surface area is 86.7 Å². The SMILES string of the molecule is CCCNc1nccc(C#N)c1[N+](=O)[O-]. The zero-order chi connectivity index (χ0) is 11.3. The molecule has 0 unspecified atom stereocenters. The van der Waals surface area contributed by atoms with Gasteiger partial charge in [-0.25, -0.2) is 4.98 Å². The van der Waals surface area contributed by atoms with Crippen molar-refractivity contribution in [1.82, 2.24) is 4.98 Å². The molecule has 0 radical (unpaired) electrons. The molecule has 1 heterocycles. The van der Waals surface area contributed by atoms with E-state index in [-0.39, 0.29) is 17.1 Å². The van der Waals surface area contributed by atoms with Gasteiger partial charge in [0.25, 0.3) is 0 Å². The molecule has 0 saturated heterocycles. The van der Waals surface area contributed by atoms with Gasteiger partial charge in [0.2, 0.25) is 5.82 Å². The number of nitrogens with one attached hydrogen (secondary N) is 1. The average Bonchev–Trinajstić information content (AvgIpc) is 2.25. The lowest BCUT2D eigenvalue weighted by molar-refractivity contribution is -0.384. The Balaban J connectivity index is 3.15. The Morgan fingerprint density at radius 1 is 1.73 bits per heavy atom. The van der Waals surface area contributed by atoms with E-state index in [1.54, 1.807) is 6.07 Å². The summed E-state index contributed by atoms with van der Waals surface area (Å²) in [4.78, 5) is 14.0. The van der Waals surface area contributed by atoms with Gasteiger partial charge in [0.15, 0.2) is 0 Å². The lowest BCUT2D eigenvalue weighted by Crippen LogP contribution is -2.06. The van der Waals surface area contributed by atoms with Crippen LogP contribution < -0.4 is 5.32 Å². The van der Waals surface area contributed by atoms with Crippen LogP contribution in [-0.4, -0.2) is 16.5 Å². The highest BCUT2D eigenvalue weighted by Gasteiger charge is 2.20. The number of nitriles is 1. The highest BCUT2D eigenvalue weighted by Crippen LogP contribution is 2.25. The van der Waals surface area contributed by atoms with Gasteiger partial charge >= 0.3 is 5.69 Å². The third-order valence-corrected chi connectivity index (χ3v) is 1.77. The minimum absolute atomic E-state index is 0.0219. The molecule has 1 aromatic heterocycles. The molecule has 6 heteroatoms. The lowest BCUT2D eigenvalue weighted by Gasteiger charge is -2.04. The molecule has 0 spiro atoms. The van der Waals surface area contributed by atoms with Crippen molar-refractivity contribution < 1.29 is 4.92 Å². The largest absolute Gasteiger partial charge is 0.364 e. The van der Waals surface area contributed by atoms with Crippen LogP contribution in [0.4, 0.5) is 11.5 Å². The summed E-state index contributed by atoms with van der Waals surface area (Å²) in [5.41, 5.74) is -0.234. The number of pyridine rings is 1. The van der Waals surface area contributed by atoms with E-state index in [0.29, 0.717) is 6.54 Å². The van der Waals surface area contributed by atoms with Gasteiger partial charge in [-0.05, 0) is 12.5 Å². The maximum absolute atomic E-state index is 10.7. The molecule has 1 N–H and O–H groups in total. The Morgan fingerprint density at radius 2 is 2.47 bits per heavy atom. The third kappa shape index (κ3) is 2.40. The summed E-state index contributed by atoms with van der Waals surface area (Å²) in [5.74, 6) is 0.154. The molecule has 0 aromatic carbocycles. The number of anilines is 1. The number of aromatic nitrogens is 1. The van der Waals surface area contributed by atoms with Crippen LogP contribution in [0, 0.1) is 21.4 Å². The molecule has 1 aromatic rings. The van der Waals surface area contributed by atoms with Crippen LogP contribution in [0.5, 0.6) is 0 Å². The number of rotatable bonds is 4. The summed E-state index contributed by atoms with van der Waals surface area (Å²) in [7, 11) is 0. The fourth-order valence-corrected chi connectivity index (χ4v) is 1.10. The lowest BCUT2D eigenvalue weighted by atomic mass is 10.2. The van der Waals surface area contributed by atoms with Crippen molar-refractivity contribution in [2.45, 2.75) is 13.3 Å². The van der Waals surface area contributed by atoms with Crippen LogP contribution >= 0.6 is 0 Å². The molecular formula is C9H10N4O2. The molecule has 0 bridgehead atoms. The monoisotopic (exact) mass is 206 g/mol. The van der Waals surface area contributed by atoms with E-state index < -0.39 is 4.92 Å². The van der Waals surface area contributed by atoms with E-state index in [4.69, 9.17) is 5.26 Å². The fourth-order valence-electron chi connectivity index (χ4n) is 1.10. The highest BCUT2D eigenvalue weighted by atomic mass is 16.6. The van der Waals surface area contributed by atoms with Crippen LogP contribution in [0.15, 0.2) is 12.3 Å². The van der Waals surface area contributed by atoms with Gasteiger partial charge in [-0.1, -0.05) is 6.92 Å². The third-order valence-electron chi connectivity index (χ3n) is 1.77. The first-order valence-corrected chi connectivity index (χ1v) is 4.48. The smallest absolute Gasteiger partial charge is 0.328 e. The Kier molecular flexibility index (Phi) is 3.57. The predicted octanol–water partition coefficient (Wildman–Crippen LogP) is 1.68. The molecule has 0 aliphatic heterocycles. The van der Waals surface area contributed by atoms with Gasteiger partial charge in [0.05, 0.1) is 4.92 Å². The highest BCUT2D eigenvalue weighted by molar-refractivity contribution is 5.63. The zero-order valence-corrected chi connectivity index (χ0v) is 8.23. The van der Waals surface area contributed by atoms with Gasteiger partial charge in [0, 0.05) is 12.7 Å². The second-order valence-electron chi connectivity index (χ2n) is 2.85. The van der Waals surface area contributed by atoms with Crippen LogP contribution in [-0.2, 0) is 0 Å². The first-order chi connectivity index (χ1) is 7.20. The molecule has 15 heavy (non-hydrogen) atoms. The maximum atomic E-state index is 10.7. The first kappa shape index (κ1) is 10.9. The standard InChI is InChI=1S/C9H10N4O2/c1-2-4-11-9-8(13(14)15)7(6-10)3-5-12-9/h3,5H,2,4H2,1H3,(H,11,12). The molecular weight excluding hydrogens is 196 g/mol.